The van der Waals surface area contributed by atoms with E-state index in [1.54, 1.807) is 0 Å². The van der Waals surface area contributed by atoms with Crippen LogP contribution in [-0.2, 0) is 0 Å². The lowest BCUT2D eigenvalue weighted by Gasteiger charge is -2.30. The standard InChI is InChI=1S/C9H24N4/c1-7(2)10-13(11-8(3)4)12-9(5)6/h7-12H,1-6H3. The number of rotatable bonds is 6. The highest BCUT2D eigenvalue weighted by atomic mass is 15.9. The third-order valence-electron chi connectivity index (χ3n) is 1.16. The van der Waals surface area contributed by atoms with Gasteiger partial charge in [-0.1, -0.05) is 0 Å². The van der Waals surface area contributed by atoms with Crippen LogP contribution in [-0.4, -0.2) is 23.4 Å². The summed E-state index contributed by atoms with van der Waals surface area (Å²) in [6.45, 7) is 12.6. The predicted octanol–water partition coefficient (Wildman–Crippen LogP) is 1.03. The molecule has 3 N–H and O–H groups in total. The summed E-state index contributed by atoms with van der Waals surface area (Å²) < 4.78 is 0. The van der Waals surface area contributed by atoms with Gasteiger partial charge in [0.25, 0.3) is 0 Å². The largest absolute Gasteiger partial charge is 0.225 e. The maximum absolute atomic E-state index is 3.25. The molecule has 0 aromatic carbocycles. The van der Waals surface area contributed by atoms with Crippen molar-refractivity contribution in [1.82, 2.24) is 21.5 Å². The molecule has 0 saturated heterocycles. The quantitative estimate of drug-likeness (QED) is 0.544. The first-order valence-electron chi connectivity index (χ1n) is 5.00. The van der Waals surface area contributed by atoms with Crippen molar-refractivity contribution >= 4 is 0 Å². The van der Waals surface area contributed by atoms with Crippen molar-refractivity contribution < 1.29 is 0 Å². The van der Waals surface area contributed by atoms with Crippen LogP contribution in [0.4, 0.5) is 0 Å². The Morgan fingerprint density at radius 2 is 0.846 bits per heavy atom. The van der Waals surface area contributed by atoms with E-state index < -0.39 is 0 Å². The molecule has 0 heterocycles. The average molecular weight is 188 g/mol. The summed E-state index contributed by atoms with van der Waals surface area (Å²) in [5.41, 5.74) is 9.76. The zero-order chi connectivity index (χ0) is 10.4. The predicted molar refractivity (Wildman–Crippen MR) is 56.7 cm³/mol. The van der Waals surface area contributed by atoms with Gasteiger partial charge in [0.1, 0.15) is 0 Å². The Labute approximate surface area is 82.0 Å². The summed E-state index contributed by atoms with van der Waals surface area (Å²) in [6.07, 6.45) is 0. The van der Waals surface area contributed by atoms with E-state index in [0.717, 1.165) is 0 Å². The lowest BCUT2D eigenvalue weighted by molar-refractivity contribution is 0.0120. The third kappa shape index (κ3) is 8.18. The highest BCUT2D eigenvalue weighted by Gasteiger charge is 2.07. The number of hydrazine groups is 3. The van der Waals surface area contributed by atoms with Gasteiger partial charge in [-0.25, -0.2) is 16.3 Å². The maximum Gasteiger partial charge on any atom is 0.0185 e. The Morgan fingerprint density at radius 3 is 1.00 bits per heavy atom. The van der Waals surface area contributed by atoms with Gasteiger partial charge in [0.05, 0.1) is 0 Å². The minimum Gasteiger partial charge on any atom is -0.225 e. The molecule has 0 amide bonds. The van der Waals surface area contributed by atoms with Crippen LogP contribution in [0.1, 0.15) is 41.5 Å². The summed E-state index contributed by atoms with van der Waals surface area (Å²) in [5, 5.41) is 1.85. The number of nitrogens with one attached hydrogen (secondary N) is 3. The second-order valence-electron chi connectivity index (χ2n) is 4.19. The van der Waals surface area contributed by atoms with Crippen molar-refractivity contribution in [3.8, 4) is 0 Å². The molecular formula is C9H24N4. The van der Waals surface area contributed by atoms with E-state index in [4.69, 9.17) is 0 Å². The highest BCUT2D eigenvalue weighted by Crippen LogP contribution is 1.85. The molecule has 0 bridgehead atoms. The summed E-state index contributed by atoms with van der Waals surface area (Å²) >= 11 is 0. The molecule has 0 aliphatic heterocycles. The van der Waals surface area contributed by atoms with Gasteiger partial charge in [-0.05, 0) is 41.5 Å². The third-order valence-corrected chi connectivity index (χ3v) is 1.16. The molecule has 4 nitrogen and oxygen atoms in total. The molecule has 0 spiro atoms. The Kier molecular flexibility index (Phi) is 6.24. The van der Waals surface area contributed by atoms with E-state index in [1.165, 1.54) is 0 Å². The van der Waals surface area contributed by atoms with E-state index in [-0.39, 0.29) is 0 Å². The van der Waals surface area contributed by atoms with Gasteiger partial charge in [-0.2, -0.15) is 0 Å². The van der Waals surface area contributed by atoms with Crippen molar-refractivity contribution in [2.75, 3.05) is 0 Å². The second-order valence-corrected chi connectivity index (χ2v) is 4.19. The minimum atomic E-state index is 0.414. The lowest BCUT2D eigenvalue weighted by Crippen LogP contribution is -2.61. The molecule has 0 radical (unpaired) electrons. The van der Waals surface area contributed by atoms with Crippen molar-refractivity contribution in [2.45, 2.75) is 59.7 Å². The van der Waals surface area contributed by atoms with Crippen LogP contribution in [0.15, 0.2) is 0 Å². The van der Waals surface area contributed by atoms with Crippen LogP contribution in [0, 0.1) is 0 Å². The van der Waals surface area contributed by atoms with Gasteiger partial charge in [0.2, 0.25) is 0 Å². The Bertz CT molecular complexity index is 99.0. The molecule has 0 rings (SSSR count). The number of hydrogen-bond acceptors (Lipinski definition) is 4. The van der Waals surface area contributed by atoms with Crippen LogP contribution in [0.3, 0.4) is 0 Å². The van der Waals surface area contributed by atoms with Gasteiger partial charge < -0.3 is 0 Å². The molecule has 0 fully saturated rings. The molecule has 0 aliphatic carbocycles. The van der Waals surface area contributed by atoms with Gasteiger partial charge in [0.15, 0.2) is 0 Å². The first-order valence-corrected chi connectivity index (χ1v) is 5.00. The smallest absolute Gasteiger partial charge is 0.0185 e. The zero-order valence-electron chi connectivity index (χ0n) is 9.68. The monoisotopic (exact) mass is 188 g/mol. The molecule has 0 unspecified atom stereocenters. The van der Waals surface area contributed by atoms with E-state index in [9.17, 15) is 0 Å². The van der Waals surface area contributed by atoms with Crippen LogP contribution in [0.25, 0.3) is 0 Å². The fourth-order valence-corrected chi connectivity index (χ4v) is 0.886. The van der Waals surface area contributed by atoms with E-state index in [1.807, 2.05) is 5.23 Å². The average Bonchev–Trinajstić information content (AvgIpc) is 1.80. The van der Waals surface area contributed by atoms with Crippen LogP contribution in [0.2, 0.25) is 0 Å². The lowest BCUT2D eigenvalue weighted by atomic mass is 10.4. The van der Waals surface area contributed by atoms with Crippen LogP contribution < -0.4 is 16.3 Å². The first-order chi connectivity index (χ1) is 5.91. The molecular weight excluding hydrogens is 164 g/mol. The van der Waals surface area contributed by atoms with Crippen molar-refractivity contribution in [1.29, 1.82) is 0 Å². The maximum atomic E-state index is 3.25. The Morgan fingerprint density at radius 1 is 0.615 bits per heavy atom. The summed E-state index contributed by atoms with van der Waals surface area (Å²) in [6, 6.07) is 1.24. The fourth-order valence-electron chi connectivity index (χ4n) is 0.886. The topological polar surface area (TPSA) is 39.3 Å². The molecule has 0 saturated carbocycles. The first kappa shape index (κ1) is 12.8. The SMILES string of the molecule is CC(C)NN(NC(C)C)NC(C)C. The minimum absolute atomic E-state index is 0.414. The fraction of sp³-hybridized carbons (Fsp3) is 1.00. The number of nitrogens with zero attached hydrogens (tertiary/aromatic N) is 1. The molecule has 4 heteroatoms. The van der Waals surface area contributed by atoms with Gasteiger partial charge in [0, 0.05) is 18.1 Å². The Hall–Kier alpha value is -0.160. The van der Waals surface area contributed by atoms with Gasteiger partial charge in [-0.3, -0.25) is 0 Å². The normalized spacial score (nSPS) is 12.5. The van der Waals surface area contributed by atoms with Gasteiger partial charge >= 0.3 is 0 Å². The molecule has 0 atom stereocenters. The molecule has 0 aromatic heterocycles. The molecule has 0 aliphatic rings. The molecule has 13 heavy (non-hydrogen) atoms. The summed E-state index contributed by atoms with van der Waals surface area (Å²) in [4.78, 5) is 0. The summed E-state index contributed by atoms with van der Waals surface area (Å²) in [5.74, 6) is 0. The number of hydrogen-bond donors (Lipinski definition) is 3. The van der Waals surface area contributed by atoms with Crippen molar-refractivity contribution in [2.24, 2.45) is 0 Å². The second kappa shape index (κ2) is 6.32. The highest BCUT2D eigenvalue weighted by molar-refractivity contribution is 4.54. The Balaban J connectivity index is 3.87. The summed E-state index contributed by atoms with van der Waals surface area (Å²) in [7, 11) is 0. The van der Waals surface area contributed by atoms with Gasteiger partial charge in [-0.15, -0.1) is 5.23 Å². The van der Waals surface area contributed by atoms with Crippen LogP contribution in [0.5, 0.6) is 0 Å². The van der Waals surface area contributed by atoms with E-state index in [2.05, 4.69) is 57.8 Å². The van der Waals surface area contributed by atoms with E-state index >= 15 is 0 Å². The van der Waals surface area contributed by atoms with Crippen molar-refractivity contribution in [3.63, 3.8) is 0 Å². The zero-order valence-corrected chi connectivity index (χ0v) is 9.68. The molecule has 80 valence electrons. The van der Waals surface area contributed by atoms with Crippen LogP contribution >= 0.6 is 0 Å². The van der Waals surface area contributed by atoms with Crippen molar-refractivity contribution in [3.05, 3.63) is 0 Å². The molecule has 0 aromatic rings. The van der Waals surface area contributed by atoms with E-state index in [0.29, 0.717) is 18.1 Å².